The van der Waals surface area contributed by atoms with Crippen molar-refractivity contribution in [3.8, 4) is 5.75 Å². The van der Waals surface area contributed by atoms with Gasteiger partial charge in [0.05, 0.1) is 23.3 Å². The van der Waals surface area contributed by atoms with Crippen LogP contribution in [0.15, 0.2) is 23.1 Å². The van der Waals surface area contributed by atoms with Gasteiger partial charge in [-0.1, -0.05) is 0 Å². The normalized spacial score (nSPS) is 12.2. The molecule has 10 heteroatoms. The van der Waals surface area contributed by atoms with Crippen LogP contribution in [-0.4, -0.2) is 15.5 Å². The van der Waals surface area contributed by atoms with Gasteiger partial charge in [0.1, 0.15) is 17.4 Å². The van der Waals surface area contributed by atoms with Gasteiger partial charge in [-0.25, -0.2) is 17.2 Å². The molecule has 2 aromatic rings. The first-order valence-electron chi connectivity index (χ1n) is 7.53. The first kappa shape index (κ1) is 20.9. The topological polar surface area (TPSA) is 55.4 Å². The summed E-state index contributed by atoms with van der Waals surface area (Å²) in [7, 11) is -2.99. The van der Waals surface area contributed by atoms with Crippen LogP contribution in [0.4, 0.5) is 27.6 Å². The highest BCUT2D eigenvalue weighted by atomic mass is 32.2. The molecule has 0 atom stereocenters. The Kier molecular flexibility index (Phi) is 5.42. The zero-order valence-corrected chi connectivity index (χ0v) is 15.6. The van der Waals surface area contributed by atoms with Gasteiger partial charge < -0.3 is 4.74 Å². The quantitative estimate of drug-likeness (QED) is 0.744. The van der Waals surface area contributed by atoms with Crippen molar-refractivity contribution < 1.29 is 35.1 Å². The number of anilines is 1. The Morgan fingerprint density at radius 3 is 2.07 bits per heavy atom. The number of hydrogen-bond donors (Lipinski definition) is 1. The molecular formula is C17H16F5NO3S. The molecule has 0 aromatic heterocycles. The third-order valence-corrected chi connectivity index (χ3v) is 5.73. The van der Waals surface area contributed by atoms with Gasteiger partial charge in [-0.15, -0.1) is 0 Å². The van der Waals surface area contributed by atoms with E-state index in [1.807, 2.05) is 4.72 Å². The van der Waals surface area contributed by atoms with Crippen LogP contribution in [0.2, 0.25) is 0 Å². The van der Waals surface area contributed by atoms with E-state index in [2.05, 4.69) is 0 Å². The summed E-state index contributed by atoms with van der Waals surface area (Å²) >= 11 is 0. The summed E-state index contributed by atoms with van der Waals surface area (Å²) in [5.74, 6) is -2.90. The molecule has 0 fully saturated rings. The molecule has 1 N–H and O–H groups in total. The average Bonchev–Trinajstić information content (AvgIpc) is 2.52. The summed E-state index contributed by atoms with van der Waals surface area (Å²) in [6, 6.07) is 1.53. The van der Waals surface area contributed by atoms with Crippen molar-refractivity contribution >= 4 is 15.7 Å². The van der Waals surface area contributed by atoms with Crippen LogP contribution in [0.3, 0.4) is 0 Å². The molecule has 0 aliphatic rings. The lowest BCUT2D eigenvalue weighted by Crippen LogP contribution is -2.18. The number of ether oxygens (including phenoxy) is 1. The van der Waals surface area contributed by atoms with E-state index in [0.717, 1.165) is 0 Å². The van der Waals surface area contributed by atoms with Crippen molar-refractivity contribution in [2.75, 3.05) is 11.8 Å². The second-order valence-electron chi connectivity index (χ2n) is 5.89. The van der Waals surface area contributed by atoms with E-state index in [1.54, 1.807) is 6.92 Å². The maximum atomic E-state index is 14.0. The number of methoxy groups -OCH3 is 1. The van der Waals surface area contributed by atoms with E-state index in [-0.39, 0.29) is 22.6 Å². The van der Waals surface area contributed by atoms with Gasteiger partial charge >= 0.3 is 6.18 Å². The molecule has 0 saturated heterocycles. The van der Waals surface area contributed by atoms with Gasteiger partial charge in [-0.3, -0.25) is 4.72 Å². The second kappa shape index (κ2) is 6.99. The number of sulfonamides is 1. The van der Waals surface area contributed by atoms with Crippen LogP contribution >= 0.6 is 0 Å². The smallest absolute Gasteiger partial charge is 0.419 e. The molecule has 4 nitrogen and oxygen atoms in total. The fraction of sp³-hybridized carbons (Fsp3) is 0.294. The molecule has 0 unspecified atom stereocenters. The highest BCUT2D eigenvalue weighted by Gasteiger charge is 2.35. The van der Waals surface area contributed by atoms with Crippen molar-refractivity contribution in [3.63, 3.8) is 0 Å². The van der Waals surface area contributed by atoms with Gasteiger partial charge in [-0.05, 0) is 49.6 Å². The van der Waals surface area contributed by atoms with E-state index in [4.69, 9.17) is 4.74 Å². The van der Waals surface area contributed by atoms with Crippen LogP contribution in [0, 0.1) is 32.4 Å². The largest absolute Gasteiger partial charge is 0.496 e. The summed E-state index contributed by atoms with van der Waals surface area (Å²) in [6.07, 6.45) is -5.11. The van der Waals surface area contributed by atoms with Crippen molar-refractivity contribution in [2.45, 2.75) is 31.8 Å². The number of benzene rings is 2. The summed E-state index contributed by atoms with van der Waals surface area (Å²) in [5, 5.41) is 0. The average molecular weight is 409 g/mol. The highest BCUT2D eigenvalue weighted by Crippen LogP contribution is 2.35. The molecule has 0 bridgehead atoms. The minimum Gasteiger partial charge on any atom is -0.496 e. The van der Waals surface area contributed by atoms with E-state index in [9.17, 15) is 30.4 Å². The van der Waals surface area contributed by atoms with Gasteiger partial charge in [-0.2, -0.15) is 13.2 Å². The van der Waals surface area contributed by atoms with Crippen molar-refractivity contribution in [1.82, 2.24) is 0 Å². The first-order valence-corrected chi connectivity index (χ1v) is 9.01. The van der Waals surface area contributed by atoms with E-state index in [0.29, 0.717) is 16.9 Å². The van der Waals surface area contributed by atoms with Crippen molar-refractivity contribution in [3.05, 3.63) is 52.1 Å². The third-order valence-electron chi connectivity index (χ3n) is 4.07. The second-order valence-corrected chi connectivity index (χ2v) is 7.51. The number of nitrogens with one attached hydrogen (secondary N) is 1. The molecule has 2 aromatic carbocycles. The Labute approximate surface area is 153 Å². The number of hydrogen-bond acceptors (Lipinski definition) is 3. The molecule has 0 aliphatic carbocycles. The van der Waals surface area contributed by atoms with Gasteiger partial charge in [0.15, 0.2) is 0 Å². The maximum Gasteiger partial charge on any atom is 0.419 e. The van der Waals surface area contributed by atoms with Crippen LogP contribution in [-0.2, 0) is 16.2 Å². The van der Waals surface area contributed by atoms with Crippen LogP contribution < -0.4 is 9.46 Å². The molecule has 0 radical (unpaired) electrons. The number of rotatable bonds is 4. The lowest BCUT2D eigenvalue weighted by molar-refractivity contribution is -0.140. The van der Waals surface area contributed by atoms with E-state index < -0.39 is 39.1 Å². The SMILES string of the molecule is COc1cc(C)c(S(=O)(=O)Nc2cc(F)c(C(F)(F)F)cc2F)c(C)c1C. The van der Waals surface area contributed by atoms with Gasteiger partial charge in [0, 0.05) is 6.07 Å². The minimum absolute atomic E-state index is 0.0911. The zero-order valence-electron chi connectivity index (χ0n) is 14.8. The van der Waals surface area contributed by atoms with Crippen LogP contribution in [0.5, 0.6) is 5.75 Å². The predicted octanol–water partition coefficient (Wildman–Crippen LogP) is 4.72. The summed E-state index contributed by atoms with van der Waals surface area (Å²) in [4.78, 5) is -0.194. The molecule has 2 rings (SSSR count). The fourth-order valence-electron chi connectivity index (χ4n) is 2.68. The molecule has 27 heavy (non-hydrogen) atoms. The molecule has 0 saturated carbocycles. The lowest BCUT2D eigenvalue weighted by Gasteiger charge is -2.18. The molecule has 0 spiro atoms. The molecular weight excluding hydrogens is 393 g/mol. The Hall–Kier alpha value is -2.36. The highest BCUT2D eigenvalue weighted by molar-refractivity contribution is 7.92. The monoisotopic (exact) mass is 409 g/mol. The predicted molar refractivity (Wildman–Crippen MR) is 89.4 cm³/mol. The number of aryl methyl sites for hydroxylation is 1. The minimum atomic E-state index is -5.11. The lowest BCUT2D eigenvalue weighted by atomic mass is 10.1. The molecule has 148 valence electrons. The molecule has 0 heterocycles. The summed E-state index contributed by atoms with van der Waals surface area (Å²) in [6.45, 7) is 4.60. The Morgan fingerprint density at radius 1 is 0.963 bits per heavy atom. The van der Waals surface area contributed by atoms with Crippen molar-refractivity contribution in [2.24, 2.45) is 0 Å². The Balaban J connectivity index is 2.56. The van der Waals surface area contributed by atoms with Crippen LogP contribution in [0.25, 0.3) is 0 Å². The Bertz CT molecular complexity index is 1000. The standard InChI is InChI=1S/C17H16F5NO3S/c1-8-5-15(26-4)9(2)10(3)16(8)27(24,25)23-14-7-12(18)11(6-13(14)19)17(20,21)22/h5-7,23H,1-4H3. The third kappa shape index (κ3) is 4.00. The van der Waals surface area contributed by atoms with E-state index >= 15 is 0 Å². The Morgan fingerprint density at radius 2 is 1.56 bits per heavy atom. The number of halogens is 5. The fourth-order valence-corrected chi connectivity index (χ4v) is 4.27. The van der Waals surface area contributed by atoms with Gasteiger partial charge in [0.25, 0.3) is 10.0 Å². The number of alkyl halides is 3. The molecule has 0 amide bonds. The molecule has 0 aliphatic heterocycles. The maximum absolute atomic E-state index is 14.0. The summed E-state index contributed by atoms with van der Waals surface area (Å²) in [5.41, 5.74) is -1.65. The summed E-state index contributed by atoms with van der Waals surface area (Å²) < 4.78 is 97.9. The first-order chi connectivity index (χ1) is 12.3. The van der Waals surface area contributed by atoms with E-state index in [1.165, 1.54) is 27.0 Å². The van der Waals surface area contributed by atoms with Gasteiger partial charge in [0.2, 0.25) is 0 Å². The zero-order chi connectivity index (χ0) is 20.7. The van der Waals surface area contributed by atoms with Crippen LogP contribution in [0.1, 0.15) is 22.3 Å². The van der Waals surface area contributed by atoms with Crippen molar-refractivity contribution in [1.29, 1.82) is 0 Å².